The van der Waals surface area contributed by atoms with Gasteiger partial charge in [0.25, 0.3) is 0 Å². The van der Waals surface area contributed by atoms with E-state index in [1.54, 1.807) is 6.92 Å². The molecule has 116 valence electrons. The first-order chi connectivity index (χ1) is 8.70. The summed E-state index contributed by atoms with van der Waals surface area (Å²) in [6, 6.07) is 1.73. The van der Waals surface area contributed by atoms with E-state index >= 15 is 0 Å². The minimum Gasteiger partial charge on any atom is -0.391 e. The smallest absolute Gasteiger partial charge is 0.391 e. The van der Waals surface area contributed by atoms with Crippen LogP contribution in [0.15, 0.2) is 18.2 Å². The first-order valence-electron chi connectivity index (χ1n) is 5.99. The Kier molecular flexibility index (Phi) is 6.93. The van der Waals surface area contributed by atoms with Crippen LogP contribution in [-0.2, 0) is 6.18 Å². The zero-order valence-corrected chi connectivity index (χ0v) is 11.9. The average Bonchev–Trinajstić information content (AvgIpc) is 2.35. The Balaban J connectivity index is 0.00000361. The molecule has 0 amide bonds. The predicted octanol–water partition coefficient (Wildman–Crippen LogP) is 3.67. The zero-order chi connectivity index (χ0) is 14.8. The fourth-order valence-corrected chi connectivity index (χ4v) is 1.81. The normalized spacial score (nSPS) is 16.2. The highest BCUT2D eigenvalue weighted by Crippen LogP contribution is 2.34. The van der Waals surface area contributed by atoms with Crippen molar-refractivity contribution in [1.29, 1.82) is 0 Å². The van der Waals surface area contributed by atoms with E-state index in [0.717, 1.165) is 6.07 Å². The van der Waals surface area contributed by atoms with Gasteiger partial charge in [0.1, 0.15) is 5.82 Å². The second-order valence-corrected chi connectivity index (χ2v) is 4.61. The maximum absolute atomic E-state index is 13.8. The molecule has 0 aliphatic rings. The summed E-state index contributed by atoms with van der Waals surface area (Å²) in [6.45, 7) is 3.51. The molecule has 0 aliphatic heterocycles. The van der Waals surface area contributed by atoms with Crippen LogP contribution < -0.4 is 5.73 Å². The van der Waals surface area contributed by atoms with Crippen LogP contribution in [0.25, 0.3) is 0 Å². The van der Waals surface area contributed by atoms with Gasteiger partial charge < -0.3 is 10.8 Å². The van der Waals surface area contributed by atoms with Crippen LogP contribution in [-0.4, -0.2) is 11.2 Å². The lowest BCUT2D eigenvalue weighted by molar-refractivity contribution is -0.140. The van der Waals surface area contributed by atoms with Crippen molar-refractivity contribution in [2.24, 2.45) is 11.7 Å². The van der Waals surface area contributed by atoms with Crippen molar-refractivity contribution in [3.05, 3.63) is 35.1 Å². The van der Waals surface area contributed by atoms with Crippen molar-refractivity contribution in [2.45, 2.75) is 38.6 Å². The Morgan fingerprint density at radius 3 is 2.30 bits per heavy atom. The summed E-state index contributed by atoms with van der Waals surface area (Å²) in [5.74, 6) is -1.64. The number of nitrogens with two attached hydrogens (primary N) is 1. The lowest BCUT2D eigenvalue weighted by Gasteiger charge is -2.25. The maximum Gasteiger partial charge on any atom is 0.419 e. The summed E-state index contributed by atoms with van der Waals surface area (Å²) in [6.07, 6.45) is -5.28. The third-order valence-electron chi connectivity index (χ3n) is 3.29. The molecule has 0 saturated carbocycles. The van der Waals surface area contributed by atoms with Gasteiger partial charge in [-0.15, -0.1) is 12.4 Å². The first-order valence-corrected chi connectivity index (χ1v) is 5.99. The molecule has 3 atom stereocenters. The van der Waals surface area contributed by atoms with Crippen molar-refractivity contribution in [3.8, 4) is 0 Å². The molecule has 1 aromatic carbocycles. The monoisotopic (exact) mass is 315 g/mol. The number of alkyl halides is 3. The van der Waals surface area contributed by atoms with E-state index in [1.165, 1.54) is 6.07 Å². The highest BCUT2D eigenvalue weighted by Gasteiger charge is 2.36. The van der Waals surface area contributed by atoms with E-state index in [1.807, 2.05) is 6.92 Å². The molecule has 20 heavy (non-hydrogen) atoms. The predicted molar refractivity (Wildman–Crippen MR) is 71.0 cm³/mol. The van der Waals surface area contributed by atoms with E-state index in [4.69, 9.17) is 5.73 Å². The molecule has 7 heteroatoms. The van der Waals surface area contributed by atoms with Gasteiger partial charge in [0, 0.05) is 5.56 Å². The molecular formula is C13H18ClF4NO. The Labute approximate surface area is 121 Å². The number of rotatable bonds is 4. The van der Waals surface area contributed by atoms with Crippen molar-refractivity contribution >= 4 is 12.4 Å². The van der Waals surface area contributed by atoms with E-state index < -0.39 is 29.7 Å². The molecule has 0 fully saturated rings. The number of benzene rings is 1. The van der Waals surface area contributed by atoms with Gasteiger partial charge in [0.2, 0.25) is 0 Å². The molecule has 1 aromatic rings. The molecule has 0 radical (unpaired) electrons. The average molecular weight is 316 g/mol. The van der Waals surface area contributed by atoms with Crippen molar-refractivity contribution in [3.63, 3.8) is 0 Å². The van der Waals surface area contributed by atoms with Crippen molar-refractivity contribution < 1.29 is 22.7 Å². The molecule has 2 nitrogen and oxygen atoms in total. The van der Waals surface area contributed by atoms with Crippen LogP contribution in [0.1, 0.15) is 37.4 Å². The van der Waals surface area contributed by atoms with Crippen LogP contribution in [0.5, 0.6) is 0 Å². The van der Waals surface area contributed by atoms with Gasteiger partial charge >= 0.3 is 6.18 Å². The molecule has 0 aromatic heterocycles. The third kappa shape index (κ3) is 4.07. The molecule has 0 aliphatic carbocycles. The minimum absolute atomic E-state index is 0. The second-order valence-electron chi connectivity index (χ2n) is 4.61. The van der Waals surface area contributed by atoms with Crippen molar-refractivity contribution in [2.75, 3.05) is 0 Å². The number of halogens is 5. The Morgan fingerprint density at radius 1 is 1.30 bits per heavy atom. The van der Waals surface area contributed by atoms with E-state index in [-0.39, 0.29) is 23.9 Å². The number of hydrogen-bond acceptors (Lipinski definition) is 2. The highest BCUT2D eigenvalue weighted by molar-refractivity contribution is 5.85. The Hall–Kier alpha value is -0.850. The molecule has 1 unspecified atom stereocenters. The second kappa shape index (κ2) is 7.24. The van der Waals surface area contributed by atoms with Gasteiger partial charge in [-0.3, -0.25) is 0 Å². The van der Waals surface area contributed by atoms with Crippen LogP contribution in [0.3, 0.4) is 0 Å². The fraction of sp³-hybridized carbons (Fsp3) is 0.538. The summed E-state index contributed by atoms with van der Waals surface area (Å²) in [5, 5.41) is 9.88. The van der Waals surface area contributed by atoms with Gasteiger partial charge in [-0.1, -0.05) is 32.4 Å². The van der Waals surface area contributed by atoms with Crippen LogP contribution in [0.2, 0.25) is 0 Å². The standard InChI is InChI=1S/C13H17F4NO.ClH/c1-3-7(2)12(19)11(18)8-5-4-6-9(10(8)14)13(15,16)17;/h4-7,11-12,19H,3,18H2,1-2H3;1H/t7?,11-,12+;/m0./s1. The highest BCUT2D eigenvalue weighted by atomic mass is 35.5. The fourth-order valence-electron chi connectivity index (χ4n) is 1.81. The third-order valence-corrected chi connectivity index (χ3v) is 3.29. The van der Waals surface area contributed by atoms with E-state index in [0.29, 0.717) is 12.5 Å². The quantitative estimate of drug-likeness (QED) is 0.833. The summed E-state index contributed by atoms with van der Waals surface area (Å²) in [7, 11) is 0. The largest absolute Gasteiger partial charge is 0.419 e. The van der Waals surface area contributed by atoms with E-state index in [2.05, 4.69) is 0 Å². The summed E-state index contributed by atoms with van der Waals surface area (Å²) < 4.78 is 51.6. The molecule has 1 rings (SSSR count). The molecule has 0 bridgehead atoms. The SMILES string of the molecule is CCC(C)[C@@H](O)[C@@H](N)c1cccc(C(F)(F)F)c1F.Cl. The molecule has 3 N–H and O–H groups in total. The molecule has 0 saturated heterocycles. The van der Waals surface area contributed by atoms with Gasteiger partial charge in [-0.25, -0.2) is 4.39 Å². The Bertz CT molecular complexity index is 439. The molecular weight excluding hydrogens is 298 g/mol. The van der Waals surface area contributed by atoms with Crippen molar-refractivity contribution in [1.82, 2.24) is 0 Å². The summed E-state index contributed by atoms with van der Waals surface area (Å²) in [4.78, 5) is 0. The van der Waals surface area contributed by atoms with Gasteiger partial charge in [-0.2, -0.15) is 13.2 Å². The molecule has 0 heterocycles. The zero-order valence-electron chi connectivity index (χ0n) is 11.1. The summed E-state index contributed by atoms with van der Waals surface area (Å²) in [5.41, 5.74) is 3.99. The number of aliphatic hydroxyl groups excluding tert-OH is 1. The lowest BCUT2D eigenvalue weighted by Crippen LogP contribution is -2.32. The topological polar surface area (TPSA) is 46.2 Å². The van der Waals surface area contributed by atoms with Gasteiger partial charge in [0.05, 0.1) is 17.7 Å². The van der Waals surface area contributed by atoms with Crippen LogP contribution in [0.4, 0.5) is 17.6 Å². The molecule has 0 spiro atoms. The Morgan fingerprint density at radius 2 is 1.85 bits per heavy atom. The maximum atomic E-state index is 13.8. The number of aliphatic hydroxyl groups is 1. The van der Waals surface area contributed by atoms with Crippen LogP contribution >= 0.6 is 12.4 Å². The van der Waals surface area contributed by atoms with E-state index in [9.17, 15) is 22.7 Å². The summed E-state index contributed by atoms with van der Waals surface area (Å²) >= 11 is 0. The van der Waals surface area contributed by atoms with Gasteiger partial charge in [-0.05, 0) is 12.0 Å². The first kappa shape index (κ1) is 19.1. The van der Waals surface area contributed by atoms with Crippen LogP contribution in [0, 0.1) is 11.7 Å². The minimum atomic E-state index is -4.78. The lowest BCUT2D eigenvalue weighted by atomic mass is 9.90. The number of hydrogen-bond donors (Lipinski definition) is 2. The van der Waals surface area contributed by atoms with Gasteiger partial charge in [0.15, 0.2) is 0 Å².